The second kappa shape index (κ2) is 11.1. The van der Waals surface area contributed by atoms with E-state index < -0.39 is 34.5 Å². The molecule has 0 spiro atoms. The minimum absolute atomic E-state index is 0.0695. The minimum atomic E-state index is -4.07. The van der Waals surface area contributed by atoms with Gasteiger partial charge in [-0.25, -0.2) is 18.4 Å². The SMILES string of the molecule is Nc1nc(CCc2ccc(C(=O)NCC(NS(=O)(=O)c3ccccc3)C(=O)O)cc2)nc2ccccc12. The molecule has 0 aliphatic carbocycles. The van der Waals surface area contributed by atoms with Crippen molar-refractivity contribution in [3.8, 4) is 0 Å². The Morgan fingerprint density at radius 3 is 2.27 bits per heavy atom. The molecule has 11 heteroatoms. The van der Waals surface area contributed by atoms with Crippen LogP contribution in [0.25, 0.3) is 10.9 Å². The number of aryl methyl sites for hydroxylation is 2. The van der Waals surface area contributed by atoms with Gasteiger partial charge in [0.15, 0.2) is 0 Å². The highest BCUT2D eigenvalue weighted by atomic mass is 32.2. The van der Waals surface area contributed by atoms with Gasteiger partial charge >= 0.3 is 5.97 Å². The van der Waals surface area contributed by atoms with E-state index in [0.29, 0.717) is 30.0 Å². The van der Waals surface area contributed by atoms with Gasteiger partial charge in [-0.15, -0.1) is 0 Å². The van der Waals surface area contributed by atoms with E-state index in [1.54, 1.807) is 30.3 Å². The Balaban J connectivity index is 1.34. The molecule has 0 aliphatic heterocycles. The van der Waals surface area contributed by atoms with Gasteiger partial charge in [0.05, 0.1) is 10.4 Å². The normalized spacial score (nSPS) is 12.2. The molecule has 1 heterocycles. The van der Waals surface area contributed by atoms with Crippen LogP contribution in [0.5, 0.6) is 0 Å². The summed E-state index contributed by atoms with van der Waals surface area (Å²) in [5.74, 6) is -0.886. The van der Waals surface area contributed by atoms with Crippen molar-refractivity contribution in [2.75, 3.05) is 12.3 Å². The van der Waals surface area contributed by atoms with Gasteiger partial charge in [-0.3, -0.25) is 9.59 Å². The number of fused-ring (bicyclic) bond motifs is 1. The molecule has 1 atom stereocenters. The number of rotatable bonds is 10. The number of nitrogens with two attached hydrogens (primary N) is 1. The summed E-state index contributed by atoms with van der Waals surface area (Å²) in [5, 5.41) is 12.7. The Labute approximate surface area is 213 Å². The van der Waals surface area contributed by atoms with Crippen LogP contribution in [-0.4, -0.2) is 48.0 Å². The molecule has 1 unspecified atom stereocenters. The maximum absolute atomic E-state index is 12.5. The number of nitrogens with zero attached hydrogens (tertiary/aromatic N) is 2. The number of sulfonamides is 1. The van der Waals surface area contributed by atoms with E-state index in [0.717, 1.165) is 16.5 Å². The predicted octanol–water partition coefficient (Wildman–Crippen LogP) is 2.16. The number of aliphatic carboxylic acids is 1. The highest BCUT2D eigenvalue weighted by Gasteiger charge is 2.26. The monoisotopic (exact) mass is 519 g/mol. The summed E-state index contributed by atoms with van der Waals surface area (Å²) in [6, 6.07) is 20.2. The first-order chi connectivity index (χ1) is 17.7. The van der Waals surface area contributed by atoms with Gasteiger partial charge in [0.2, 0.25) is 10.0 Å². The average Bonchev–Trinajstić information content (AvgIpc) is 2.90. The fourth-order valence-electron chi connectivity index (χ4n) is 3.67. The Morgan fingerprint density at radius 2 is 1.57 bits per heavy atom. The number of aromatic nitrogens is 2. The third kappa shape index (κ3) is 6.46. The van der Waals surface area contributed by atoms with E-state index in [-0.39, 0.29) is 4.90 Å². The van der Waals surface area contributed by atoms with Crippen molar-refractivity contribution in [1.82, 2.24) is 20.0 Å². The molecular weight excluding hydrogens is 494 g/mol. The quantitative estimate of drug-likeness (QED) is 0.247. The molecule has 4 aromatic rings. The lowest BCUT2D eigenvalue weighted by molar-refractivity contribution is -0.138. The zero-order valence-corrected chi connectivity index (χ0v) is 20.5. The molecule has 0 radical (unpaired) electrons. The maximum Gasteiger partial charge on any atom is 0.323 e. The van der Waals surface area contributed by atoms with Crippen molar-refractivity contribution in [3.63, 3.8) is 0 Å². The number of hydrogen-bond donors (Lipinski definition) is 4. The highest BCUT2D eigenvalue weighted by molar-refractivity contribution is 7.89. The third-order valence-electron chi connectivity index (χ3n) is 5.65. The van der Waals surface area contributed by atoms with E-state index >= 15 is 0 Å². The Kier molecular flexibility index (Phi) is 7.75. The number of hydrogen-bond acceptors (Lipinski definition) is 7. The van der Waals surface area contributed by atoms with Crippen LogP contribution in [-0.2, 0) is 27.7 Å². The topological polar surface area (TPSA) is 164 Å². The van der Waals surface area contributed by atoms with Gasteiger partial charge in [0.1, 0.15) is 17.7 Å². The molecule has 0 bridgehead atoms. The molecular formula is C26H25N5O5S. The number of para-hydroxylation sites is 1. The van der Waals surface area contributed by atoms with Gasteiger partial charge in [0.25, 0.3) is 5.91 Å². The molecule has 0 aliphatic rings. The molecule has 4 rings (SSSR count). The van der Waals surface area contributed by atoms with E-state index in [4.69, 9.17) is 5.73 Å². The lowest BCUT2D eigenvalue weighted by Gasteiger charge is -2.16. The summed E-state index contributed by atoms with van der Waals surface area (Å²) in [5.41, 5.74) is 8.08. The second-order valence-electron chi connectivity index (χ2n) is 8.27. The van der Waals surface area contributed by atoms with E-state index in [2.05, 4.69) is 20.0 Å². The van der Waals surface area contributed by atoms with Crippen molar-refractivity contribution in [3.05, 3.63) is 95.8 Å². The Hall–Kier alpha value is -4.35. The molecule has 37 heavy (non-hydrogen) atoms. The zero-order chi connectivity index (χ0) is 26.4. The number of anilines is 1. The molecule has 190 valence electrons. The zero-order valence-electron chi connectivity index (χ0n) is 19.7. The minimum Gasteiger partial charge on any atom is -0.480 e. The lowest BCUT2D eigenvalue weighted by Crippen LogP contribution is -2.48. The number of carbonyl (C=O) groups is 2. The predicted molar refractivity (Wildman–Crippen MR) is 138 cm³/mol. The van der Waals surface area contributed by atoms with Crippen LogP contribution in [0.2, 0.25) is 0 Å². The molecule has 0 fully saturated rings. The van der Waals surface area contributed by atoms with Crippen molar-refractivity contribution in [2.24, 2.45) is 0 Å². The molecule has 1 amide bonds. The van der Waals surface area contributed by atoms with Crippen molar-refractivity contribution in [2.45, 2.75) is 23.8 Å². The molecule has 0 saturated carbocycles. The lowest BCUT2D eigenvalue weighted by atomic mass is 10.1. The van der Waals surface area contributed by atoms with Crippen molar-refractivity contribution < 1.29 is 23.1 Å². The van der Waals surface area contributed by atoms with Gasteiger partial charge in [-0.1, -0.05) is 42.5 Å². The summed E-state index contributed by atoms with van der Waals surface area (Å²) >= 11 is 0. The first-order valence-corrected chi connectivity index (χ1v) is 12.9. The number of nitrogens with one attached hydrogen (secondary N) is 2. The van der Waals surface area contributed by atoms with Crippen LogP contribution in [0.1, 0.15) is 21.7 Å². The summed E-state index contributed by atoms with van der Waals surface area (Å²) in [4.78, 5) is 33.0. The molecule has 1 aromatic heterocycles. The van der Waals surface area contributed by atoms with E-state index in [1.807, 2.05) is 24.3 Å². The van der Waals surface area contributed by atoms with Crippen molar-refractivity contribution in [1.29, 1.82) is 0 Å². The van der Waals surface area contributed by atoms with E-state index in [9.17, 15) is 23.1 Å². The van der Waals surface area contributed by atoms with E-state index in [1.165, 1.54) is 24.3 Å². The van der Waals surface area contributed by atoms with Crippen LogP contribution < -0.4 is 15.8 Å². The molecule has 0 saturated heterocycles. The van der Waals surface area contributed by atoms with Crippen LogP contribution in [0, 0.1) is 0 Å². The first kappa shape index (κ1) is 25.7. The number of nitrogen functional groups attached to an aromatic ring is 1. The maximum atomic E-state index is 12.5. The summed E-state index contributed by atoms with van der Waals surface area (Å²) < 4.78 is 27.0. The smallest absolute Gasteiger partial charge is 0.323 e. The van der Waals surface area contributed by atoms with Crippen LogP contribution in [0.3, 0.4) is 0 Å². The molecule has 3 aromatic carbocycles. The molecule has 10 nitrogen and oxygen atoms in total. The number of amides is 1. The number of carboxylic acid groups (broad SMARTS) is 1. The largest absolute Gasteiger partial charge is 0.480 e. The van der Waals surface area contributed by atoms with Gasteiger partial charge in [0, 0.05) is 23.9 Å². The summed E-state index contributed by atoms with van der Waals surface area (Å²) in [7, 11) is -4.07. The van der Waals surface area contributed by atoms with Gasteiger partial charge in [-0.2, -0.15) is 4.72 Å². The number of carboxylic acids is 1. The fraction of sp³-hybridized carbons (Fsp3) is 0.154. The van der Waals surface area contributed by atoms with Gasteiger partial charge in [-0.05, 0) is 48.4 Å². The first-order valence-electron chi connectivity index (χ1n) is 11.4. The van der Waals surface area contributed by atoms with Gasteiger partial charge < -0.3 is 16.2 Å². The second-order valence-corrected chi connectivity index (χ2v) is 9.99. The summed E-state index contributed by atoms with van der Waals surface area (Å²) in [6.45, 7) is -0.428. The van der Waals surface area contributed by atoms with Crippen LogP contribution in [0.15, 0.2) is 83.8 Å². The molecule has 5 N–H and O–H groups in total. The highest BCUT2D eigenvalue weighted by Crippen LogP contribution is 2.18. The average molecular weight is 520 g/mol. The fourth-order valence-corrected chi connectivity index (χ4v) is 4.88. The van der Waals surface area contributed by atoms with Crippen LogP contribution >= 0.6 is 0 Å². The third-order valence-corrected chi connectivity index (χ3v) is 7.14. The number of benzene rings is 3. The standard InChI is InChI=1S/C26H25N5O5S/c27-24-20-8-4-5-9-21(20)29-23(30-24)15-12-17-10-13-18(14-11-17)25(32)28-16-22(26(33)34)31-37(35,36)19-6-2-1-3-7-19/h1-11,13-14,22,31H,12,15-16H2,(H,28,32)(H,33,34)(H2,27,29,30). The Morgan fingerprint density at radius 1 is 0.892 bits per heavy atom. The number of carbonyl (C=O) groups excluding carboxylic acids is 1. The summed E-state index contributed by atoms with van der Waals surface area (Å²) in [6.07, 6.45) is 1.18. The van der Waals surface area contributed by atoms with Crippen LogP contribution in [0.4, 0.5) is 5.82 Å². The Bertz CT molecular complexity index is 1530. The van der Waals surface area contributed by atoms with Crippen molar-refractivity contribution >= 4 is 38.6 Å².